The molecule has 6 heteroatoms. The summed E-state index contributed by atoms with van der Waals surface area (Å²) in [6.45, 7) is 4.46. The van der Waals surface area contributed by atoms with Crippen LogP contribution in [0.5, 0.6) is 0 Å². The van der Waals surface area contributed by atoms with Crippen LogP contribution in [-0.2, 0) is 18.4 Å². The summed E-state index contributed by atoms with van der Waals surface area (Å²) in [5.74, 6) is 1.66. The third-order valence-corrected chi connectivity index (χ3v) is 5.63. The molecule has 1 aromatic heterocycles. The third-order valence-electron chi connectivity index (χ3n) is 4.59. The van der Waals surface area contributed by atoms with Crippen molar-refractivity contribution in [2.75, 3.05) is 5.75 Å². The van der Waals surface area contributed by atoms with Gasteiger partial charge in [-0.25, -0.2) is 4.98 Å². The highest BCUT2D eigenvalue weighted by Gasteiger charge is 2.28. The summed E-state index contributed by atoms with van der Waals surface area (Å²) in [5.41, 5.74) is 0.757. The number of hydrogen-bond acceptors (Lipinski definition) is 4. The van der Waals surface area contributed by atoms with E-state index < -0.39 is 0 Å². The van der Waals surface area contributed by atoms with Gasteiger partial charge in [0.25, 0.3) is 0 Å². The number of amides is 1. The maximum atomic E-state index is 12.1. The first kappa shape index (κ1) is 16.4. The van der Waals surface area contributed by atoms with Gasteiger partial charge in [-0.1, -0.05) is 38.5 Å². The number of imidazole rings is 1. The van der Waals surface area contributed by atoms with Gasteiger partial charge in [-0.2, -0.15) is 0 Å². The van der Waals surface area contributed by atoms with Gasteiger partial charge in [0, 0.05) is 13.1 Å². The van der Waals surface area contributed by atoms with Crippen LogP contribution in [0.15, 0.2) is 11.4 Å². The van der Waals surface area contributed by atoms with E-state index in [1.165, 1.54) is 24.6 Å². The minimum atomic E-state index is -0.0340. The molecule has 21 heavy (non-hydrogen) atoms. The average Bonchev–Trinajstić information content (AvgIpc) is 2.82. The lowest BCUT2D eigenvalue weighted by atomic mass is 9.78. The lowest BCUT2D eigenvalue weighted by Crippen LogP contribution is -2.44. The zero-order valence-electron chi connectivity index (χ0n) is 13.0. The van der Waals surface area contributed by atoms with E-state index in [1.54, 1.807) is 6.20 Å². The first-order chi connectivity index (χ1) is 10.0. The van der Waals surface area contributed by atoms with Crippen LogP contribution >= 0.6 is 11.8 Å². The highest BCUT2D eigenvalue weighted by molar-refractivity contribution is 7.99. The molecular formula is C15H25N3O2S. The maximum absolute atomic E-state index is 12.1. The van der Waals surface area contributed by atoms with Crippen molar-refractivity contribution in [3.05, 3.63) is 11.9 Å². The standard InChI is InChI=1S/C15H25N3O2S/c1-10-5-4-6-13(11(10)2)17-14(20)9-21-15-16-7-12(8-19)18(15)3/h7,10-11,13,19H,4-6,8-9H2,1-3H3,(H,17,20). The molecule has 0 saturated heterocycles. The second kappa shape index (κ2) is 7.31. The van der Waals surface area contributed by atoms with Gasteiger partial charge in [0.1, 0.15) is 0 Å². The molecule has 5 nitrogen and oxygen atoms in total. The van der Waals surface area contributed by atoms with E-state index in [4.69, 9.17) is 5.11 Å². The van der Waals surface area contributed by atoms with Crippen LogP contribution in [-0.4, -0.2) is 32.4 Å². The Balaban J connectivity index is 1.83. The van der Waals surface area contributed by atoms with Gasteiger partial charge < -0.3 is 15.0 Å². The van der Waals surface area contributed by atoms with E-state index in [0.29, 0.717) is 23.6 Å². The molecule has 0 spiro atoms. The molecule has 3 unspecified atom stereocenters. The third kappa shape index (κ3) is 4.01. The molecule has 118 valence electrons. The van der Waals surface area contributed by atoms with Crippen molar-refractivity contribution in [1.29, 1.82) is 0 Å². The summed E-state index contributed by atoms with van der Waals surface area (Å²) < 4.78 is 1.82. The molecule has 1 aromatic rings. The SMILES string of the molecule is CC1CCCC(NC(=O)CSc2ncc(CO)n2C)C1C. The van der Waals surface area contributed by atoms with Crippen molar-refractivity contribution < 1.29 is 9.90 Å². The Hall–Kier alpha value is -1.01. The smallest absolute Gasteiger partial charge is 0.230 e. The first-order valence-electron chi connectivity index (χ1n) is 7.56. The summed E-state index contributed by atoms with van der Waals surface area (Å²) in [6.07, 6.45) is 5.19. The Kier molecular flexibility index (Phi) is 5.70. The maximum Gasteiger partial charge on any atom is 0.230 e. The van der Waals surface area contributed by atoms with Crippen molar-refractivity contribution in [3.63, 3.8) is 0 Å². The Morgan fingerprint density at radius 2 is 2.29 bits per heavy atom. The van der Waals surface area contributed by atoms with Gasteiger partial charge in [0.05, 0.1) is 24.3 Å². The zero-order valence-corrected chi connectivity index (χ0v) is 13.8. The van der Waals surface area contributed by atoms with Crippen molar-refractivity contribution >= 4 is 17.7 Å². The number of aromatic nitrogens is 2. The monoisotopic (exact) mass is 311 g/mol. The Bertz CT molecular complexity index is 489. The van der Waals surface area contributed by atoms with Crippen LogP contribution in [0.2, 0.25) is 0 Å². The molecule has 0 aliphatic heterocycles. The molecule has 0 radical (unpaired) electrons. The molecule has 0 aromatic carbocycles. The van der Waals surface area contributed by atoms with Crippen LogP contribution in [0, 0.1) is 11.8 Å². The minimum Gasteiger partial charge on any atom is -0.390 e. The highest BCUT2D eigenvalue weighted by Crippen LogP contribution is 2.29. The summed E-state index contributed by atoms with van der Waals surface area (Å²) in [6, 6.07) is 0.302. The number of aliphatic hydroxyl groups excluding tert-OH is 1. The van der Waals surface area contributed by atoms with Gasteiger partial charge in [-0.15, -0.1) is 0 Å². The van der Waals surface area contributed by atoms with Gasteiger partial charge in [0.2, 0.25) is 5.91 Å². The average molecular weight is 311 g/mol. The molecule has 1 saturated carbocycles. The lowest BCUT2D eigenvalue weighted by molar-refractivity contribution is -0.120. The molecular weight excluding hydrogens is 286 g/mol. The topological polar surface area (TPSA) is 67.2 Å². The molecule has 1 aliphatic carbocycles. The first-order valence-corrected chi connectivity index (χ1v) is 8.55. The molecule has 1 aliphatic rings. The Labute approximate surface area is 130 Å². The van der Waals surface area contributed by atoms with E-state index >= 15 is 0 Å². The van der Waals surface area contributed by atoms with Gasteiger partial charge >= 0.3 is 0 Å². The minimum absolute atomic E-state index is 0.0340. The summed E-state index contributed by atoms with van der Waals surface area (Å²) in [4.78, 5) is 16.3. The van der Waals surface area contributed by atoms with Crippen LogP contribution in [0.3, 0.4) is 0 Å². The molecule has 1 amide bonds. The van der Waals surface area contributed by atoms with Gasteiger partial charge in [-0.05, 0) is 18.3 Å². The number of rotatable bonds is 5. The summed E-state index contributed by atoms with van der Waals surface area (Å²) in [5, 5.41) is 13.1. The van der Waals surface area contributed by atoms with E-state index in [-0.39, 0.29) is 12.5 Å². The van der Waals surface area contributed by atoms with Crippen molar-refractivity contribution in [2.45, 2.75) is 50.9 Å². The van der Waals surface area contributed by atoms with Crippen LogP contribution in [0.4, 0.5) is 0 Å². The summed E-state index contributed by atoms with van der Waals surface area (Å²) >= 11 is 1.41. The molecule has 2 N–H and O–H groups in total. The fraction of sp³-hybridized carbons (Fsp3) is 0.733. The number of thioether (sulfide) groups is 1. The van der Waals surface area contributed by atoms with E-state index in [0.717, 1.165) is 17.3 Å². The zero-order chi connectivity index (χ0) is 15.4. The molecule has 1 heterocycles. The van der Waals surface area contributed by atoms with Gasteiger partial charge in [0.15, 0.2) is 5.16 Å². The van der Waals surface area contributed by atoms with Crippen LogP contribution < -0.4 is 5.32 Å². The van der Waals surface area contributed by atoms with E-state index in [9.17, 15) is 4.79 Å². The summed E-state index contributed by atoms with van der Waals surface area (Å²) in [7, 11) is 1.85. The van der Waals surface area contributed by atoms with Crippen molar-refractivity contribution in [1.82, 2.24) is 14.9 Å². The van der Waals surface area contributed by atoms with E-state index in [2.05, 4.69) is 24.1 Å². The number of carbonyl (C=O) groups is 1. The molecule has 1 fully saturated rings. The normalized spacial score (nSPS) is 25.8. The largest absolute Gasteiger partial charge is 0.390 e. The molecule has 0 bridgehead atoms. The van der Waals surface area contributed by atoms with Crippen molar-refractivity contribution in [2.24, 2.45) is 18.9 Å². The number of carbonyl (C=O) groups excluding carboxylic acids is 1. The lowest BCUT2D eigenvalue weighted by Gasteiger charge is -2.34. The highest BCUT2D eigenvalue weighted by atomic mass is 32.2. The number of aliphatic hydroxyl groups is 1. The fourth-order valence-electron chi connectivity index (χ4n) is 2.87. The quantitative estimate of drug-likeness (QED) is 0.816. The van der Waals surface area contributed by atoms with Crippen LogP contribution in [0.25, 0.3) is 0 Å². The Morgan fingerprint density at radius 3 is 2.95 bits per heavy atom. The number of nitrogens with zero attached hydrogens (tertiary/aromatic N) is 2. The molecule has 2 rings (SSSR count). The van der Waals surface area contributed by atoms with Crippen LogP contribution in [0.1, 0.15) is 38.8 Å². The number of hydrogen-bond donors (Lipinski definition) is 2. The fourth-order valence-corrected chi connectivity index (χ4v) is 3.65. The molecule has 3 atom stereocenters. The van der Waals surface area contributed by atoms with E-state index in [1.807, 2.05) is 11.6 Å². The predicted molar refractivity (Wildman–Crippen MR) is 84.0 cm³/mol. The van der Waals surface area contributed by atoms with Crippen molar-refractivity contribution in [3.8, 4) is 0 Å². The Morgan fingerprint density at radius 1 is 1.52 bits per heavy atom. The second-order valence-corrected chi connectivity index (χ2v) is 6.92. The van der Waals surface area contributed by atoms with Gasteiger partial charge in [-0.3, -0.25) is 4.79 Å². The number of nitrogens with one attached hydrogen (secondary N) is 1. The predicted octanol–water partition coefficient (Wildman–Crippen LogP) is 1.95. The second-order valence-electron chi connectivity index (χ2n) is 5.98.